The molecule has 1 aliphatic heterocycles. The molecule has 0 spiro atoms. The molecule has 0 saturated heterocycles. The number of hydrogen-bond acceptors (Lipinski definition) is 5. The fourth-order valence-corrected chi connectivity index (χ4v) is 2.67. The standard InChI is InChI=1S/C18H20N4O/c1-23-16-9-15(11-21-12-16)14-5-2-4-13(8-14)10-18(20)6-3-7-22-17(18)19/h2-9,11-12,17H,10,19-20H2,1H3. The number of pyridine rings is 1. The predicted octanol–water partition coefficient (Wildman–Crippen LogP) is 1.92. The molecule has 3 rings (SSSR count). The summed E-state index contributed by atoms with van der Waals surface area (Å²) in [6.45, 7) is 0. The van der Waals surface area contributed by atoms with Crippen molar-refractivity contribution in [3.05, 3.63) is 60.4 Å². The van der Waals surface area contributed by atoms with Gasteiger partial charge in [0.2, 0.25) is 0 Å². The number of hydrogen-bond donors (Lipinski definition) is 2. The second-order valence-corrected chi connectivity index (χ2v) is 5.71. The van der Waals surface area contributed by atoms with Gasteiger partial charge in [-0.1, -0.05) is 30.3 Å². The van der Waals surface area contributed by atoms with Crippen molar-refractivity contribution in [3.8, 4) is 16.9 Å². The van der Waals surface area contributed by atoms with Crippen molar-refractivity contribution >= 4 is 6.21 Å². The molecule has 1 aromatic carbocycles. The van der Waals surface area contributed by atoms with Crippen LogP contribution in [-0.2, 0) is 6.42 Å². The van der Waals surface area contributed by atoms with Crippen LogP contribution in [0, 0.1) is 0 Å². The van der Waals surface area contributed by atoms with Crippen LogP contribution in [0.2, 0.25) is 0 Å². The normalized spacial score (nSPS) is 23.0. The van der Waals surface area contributed by atoms with Gasteiger partial charge in [0.05, 0.1) is 18.8 Å². The molecular weight excluding hydrogens is 288 g/mol. The first-order valence-electron chi connectivity index (χ1n) is 7.44. The number of dihydropyridines is 1. The van der Waals surface area contributed by atoms with Crippen LogP contribution in [0.4, 0.5) is 0 Å². The van der Waals surface area contributed by atoms with E-state index >= 15 is 0 Å². The lowest BCUT2D eigenvalue weighted by Gasteiger charge is -2.31. The van der Waals surface area contributed by atoms with Crippen LogP contribution in [0.5, 0.6) is 5.75 Å². The number of ether oxygens (including phenoxy) is 1. The van der Waals surface area contributed by atoms with E-state index in [-0.39, 0.29) is 0 Å². The van der Waals surface area contributed by atoms with Gasteiger partial charge in [0.15, 0.2) is 0 Å². The smallest absolute Gasteiger partial charge is 0.137 e. The van der Waals surface area contributed by atoms with Gasteiger partial charge in [-0.15, -0.1) is 0 Å². The van der Waals surface area contributed by atoms with Crippen LogP contribution in [-0.4, -0.2) is 30.0 Å². The number of aromatic nitrogens is 1. The number of nitrogens with two attached hydrogens (primary N) is 2. The lowest BCUT2D eigenvalue weighted by Crippen LogP contribution is -2.55. The van der Waals surface area contributed by atoms with Crippen molar-refractivity contribution in [2.45, 2.75) is 18.1 Å². The summed E-state index contributed by atoms with van der Waals surface area (Å²) in [7, 11) is 1.63. The second kappa shape index (κ2) is 6.32. The van der Waals surface area contributed by atoms with Crippen LogP contribution in [0.25, 0.3) is 11.1 Å². The van der Waals surface area contributed by atoms with Gasteiger partial charge in [-0.05, 0) is 29.7 Å². The molecule has 0 aliphatic carbocycles. The third-order valence-corrected chi connectivity index (χ3v) is 4.01. The van der Waals surface area contributed by atoms with Crippen molar-refractivity contribution in [1.29, 1.82) is 0 Å². The van der Waals surface area contributed by atoms with Crippen LogP contribution >= 0.6 is 0 Å². The summed E-state index contributed by atoms with van der Waals surface area (Å²) in [6.07, 6.45) is 9.14. The Labute approximate surface area is 135 Å². The zero-order valence-electron chi connectivity index (χ0n) is 13.0. The quantitative estimate of drug-likeness (QED) is 0.903. The Morgan fingerprint density at radius 2 is 2.09 bits per heavy atom. The highest BCUT2D eigenvalue weighted by molar-refractivity contribution is 5.73. The molecule has 0 bridgehead atoms. The molecular formula is C18H20N4O. The molecule has 0 fully saturated rings. The van der Waals surface area contributed by atoms with E-state index in [0.29, 0.717) is 6.42 Å². The number of rotatable bonds is 4. The van der Waals surface area contributed by atoms with Crippen molar-refractivity contribution in [3.63, 3.8) is 0 Å². The van der Waals surface area contributed by atoms with E-state index in [4.69, 9.17) is 16.2 Å². The maximum absolute atomic E-state index is 6.41. The summed E-state index contributed by atoms with van der Waals surface area (Å²) in [5.41, 5.74) is 15.0. The van der Waals surface area contributed by atoms with Crippen LogP contribution in [0.1, 0.15) is 5.56 Å². The summed E-state index contributed by atoms with van der Waals surface area (Å²) in [5, 5.41) is 0. The van der Waals surface area contributed by atoms with E-state index in [9.17, 15) is 0 Å². The monoisotopic (exact) mass is 308 g/mol. The molecule has 0 radical (unpaired) electrons. The van der Waals surface area contributed by atoms with E-state index in [1.807, 2.05) is 42.6 Å². The Morgan fingerprint density at radius 3 is 2.87 bits per heavy atom. The third-order valence-electron chi connectivity index (χ3n) is 4.01. The highest BCUT2D eigenvalue weighted by Crippen LogP contribution is 2.25. The van der Waals surface area contributed by atoms with E-state index in [1.54, 1.807) is 19.5 Å². The number of allylic oxidation sites excluding steroid dienone is 1. The Hall–Kier alpha value is -2.50. The maximum Gasteiger partial charge on any atom is 0.137 e. The minimum Gasteiger partial charge on any atom is -0.495 e. The zero-order chi connectivity index (χ0) is 16.3. The molecule has 1 aliphatic rings. The van der Waals surface area contributed by atoms with Crippen LogP contribution in [0.15, 0.2) is 59.9 Å². The third kappa shape index (κ3) is 3.31. The summed E-state index contributed by atoms with van der Waals surface area (Å²) in [5.74, 6) is 0.731. The van der Waals surface area contributed by atoms with Gasteiger partial charge >= 0.3 is 0 Å². The van der Waals surface area contributed by atoms with E-state index in [2.05, 4.69) is 16.0 Å². The average molecular weight is 308 g/mol. The number of nitrogens with zero attached hydrogens (tertiary/aromatic N) is 2. The highest BCUT2D eigenvalue weighted by Gasteiger charge is 2.31. The molecule has 2 aromatic rings. The number of methoxy groups -OCH3 is 1. The van der Waals surface area contributed by atoms with E-state index < -0.39 is 11.7 Å². The summed E-state index contributed by atoms with van der Waals surface area (Å²) < 4.78 is 5.23. The Bertz CT molecular complexity index is 756. The lowest BCUT2D eigenvalue weighted by molar-refractivity contribution is 0.413. The second-order valence-electron chi connectivity index (χ2n) is 5.71. The molecule has 0 amide bonds. The van der Waals surface area contributed by atoms with Gasteiger partial charge in [-0.3, -0.25) is 9.98 Å². The average Bonchev–Trinajstić information content (AvgIpc) is 2.58. The minimum atomic E-state index is -0.667. The Balaban J connectivity index is 1.88. The van der Waals surface area contributed by atoms with Gasteiger partial charge in [-0.2, -0.15) is 0 Å². The van der Waals surface area contributed by atoms with Crippen molar-refractivity contribution in [1.82, 2.24) is 4.98 Å². The summed E-state index contributed by atoms with van der Waals surface area (Å²) >= 11 is 0. The summed E-state index contributed by atoms with van der Waals surface area (Å²) in [6, 6.07) is 10.2. The van der Waals surface area contributed by atoms with Gasteiger partial charge in [-0.25, -0.2) is 0 Å². The van der Waals surface area contributed by atoms with Crippen LogP contribution in [0.3, 0.4) is 0 Å². The molecule has 2 unspecified atom stereocenters. The zero-order valence-corrected chi connectivity index (χ0v) is 13.0. The summed E-state index contributed by atoms with van der Waals surface area (Å²) in [4.78, 5) is 8.40. The molecule has 23 heavy (non-hydrogen) atoms. The maximum atomic E-state index is 6.41. The number of benzene rings is 1. The predicted molar refractivity (Wildman–Crippen MR) is 92.5 cm³/mol. The molecule has 0 saturated carbocycles. The van der Waals surface area contributed by atoms with Crippen molar-refractivity contribution < 1.29 is 4.74 Å². The Kier molecular flexibility index (Phi) is 4.23. The molecule has 2 atom stereocenters. The molecule has 1 aromatic heterocycles. The minimum absolute atomic E-state index is 0.436. The fourth-order valence-electron chi connectivity index (χ4n) is 2.67. The molecule has 5 nitrogen and oxygen atoms in total. The first-order valence-corrected chi connectivity index (χ1v) is 7.44. The Morgan fingerprint density at radius 1 is 1.22 bits per heavy atom. The van der Waals surface area contributed by atoms with E-state index in [0.717, 1.165) is 22.4 Å². The molecule has 5 heteroatoms. The van der Waals surface area contributed by atoms with Gasteiger partial charge in [0.25, 0.3) is 0 Å². The highest BCUT2D eigenvalue weighted by atomic mass is 16.5. The van der Waals surface area contributed by atoms with Crippen molar-refractivity contribution in [2.75, 3.05) is 7.11 Å². The number of aliphatic imine (C=N–C) groups is 1. The first-order chi connectivity index (χ1) is 11.1. The SMILES string of the molecule is COc1cncc(-c2cccc(CC3(N)C=CC=NC3N)c2)c1. The lowest BCUT2D eigenvalue weighted by atomic mass is 9.86. The molecule has 4 N–H and O–H groups in total. The van der Waals surface area contributed by atoms with Gasteiger partial charge in [0, 0.05) is 18.0 Å². The van der Waals surface area contributed by atoms with Gasteiger partial charge < -0.3 is 16.2 Å². The fraction of sp³-hybridized carbons (Fsp3) is 0.222. The van der Waals surface area contributed by atoms with Crippen molar-refractivity contribution in [2.24, 2.45) is 16.5 Å². The van der Waals surface area contributed by atoms with E-state index in [1.165, 1.54) is 0 Å². The molecule has 2 heterocycles. The van der Waals surface area contributed by atoms with Gasteiger partial charge in [0.1, 0.15) is 11.9 Å². The first kappa shape index (κ1) is 15.4. The molecule has 118 valence electrons. The van der Waals surface area contributed by atoms with Crippen LogP contribution < -0.4 is 16.2 Å². The topological polar surface area (TPSA) is 86.5 Å². The largest absolute Gasteiger partial charge is 0.495 e.